The summed E-state index contributed by atoms with van der Waals surface area (Å²) in [5.74, 6) is -0.779. The first kappa shape index (κ1) is 24.7. The van der Waals surface area contributed by atoms with Gasteiger partial charge in [0.2, 0.25) is 0 Å². The van der Waals surface area contributed by atoms with Crippen molar-refractivity contribution < 1.29 is 9.72 Å². The van der Waals surface area contributed by atoms with Gasteiger partial charge in [-0.1, -0.05) is 55.8 Å². The standard InChI is InChI=1S/C23H24ClN5O5/c1-14(2)10-11-27(22(31)17-12-16(29(33)34)8-9-18(17)24)19-20(25)28(23(32)26-21(19)30)13-15-6-4-3-5-7-15/h3-9,12,14H,10-11,13,25H2,1-2H3,(H,26,30,32). The molecule has 34 heavy (non-hydrogen) atoms. The van der Waals surface area contributed by atoms with Crippen molar-refractivity contribution in [2.45, 2.75) is 26.8 Å². The fourth-order valence-electron chi connectivity index (χ4n) is 3.40. The molecule has 0 fully saturated rings. The third-order valence-electron chi connectivity index (χ3n) is 5.23. The molecule has 3 aromatic rings. The Hall–Kier alpha value is -3.92. The normalized spacial score (nSPS) is 10.9. The summed E-state index contributed by atoms with van der Waals surface area (Å²) >= 11 is 6.19. The summed E-state index contributed by atoms with van der Waals surface area (Å²) < 4.78 is 1.16. The lowest BCUT2D eigenvalue weighted by molar-refractivity contribution is -0.384. The Labute approximate surface area is 199 Å². The molecule has 3 rings (SSSR count). The van der Waals surface area contributed by atoms with Crippen LogP contribution in [0.25, 0.3) is 0 Å². The molecular weight excluding hydrogens is 462 g/mol. The number of aromatic nitrogens is 2. The van der Waals surface area contributed by atoms with Gasteiger partial charge in [-0.05, 0) is 24.0 Å². The highest BCUT2D eigenvalue weighted by atomic mass is 35.5. The molecule has 3 N–H and O–H groups in total. The van der Waals surface area contributed by atoms with E-state index < -0.39 is 22.1 Å². The number of nitro groups is 1. The summed E-state index contributed by atoms with van der Waals surface area (Å²) in [6.45, 7) is 4.02. The molecule has 0 aliphatic rings. The summed E-state index contributed by atoms with van der Waals surface area (Å²) in [6.07, 6.45) is 0.495. The predicted molar refractivity (Wildman–Crippen MR) is 131 cm³/mol. The molecule has 1 heterocycles. The number of nitrogens with two attached hydrogens (primary N) is 1. The lowest BCUT2D eigenvalue weighted by Crippen LogP contribution is -2.42. The molecule has 2 aromatic carbocycles. The maximum atomic E-state index is 13.5. The van der Waals surface area contributed by atoms with Gasteiger partial charge in [0.25, 0.3) is 17.2 Å². The maximum Gasteiger partial charge on any atom is 0.330 e. The average molecular weight is 486 g/mol. The van der Waals surface area contributed by atoms with Crippen LogP contribution in [0.3, 0.4) is 0 Å². The number of carbonyl (C=O) groups is 1. The van der Waals surface area contributed by atoms with E-state index in [-0.39, 0.29) is 46.8 Å². The Morgan fingerprint density at radius 1 is 1.21 bits per heavy atom. The first-order chi connectivity index (χ1) is 16.1. The van der Waals surface area contributed by atoms with Crippen molar-refractivity contribution in [2.24, 2.45) is 5.92 Å². The number of nitrogens with zero attached hydrogens (tertiary/aromatic N) is 3. The van der Waals surface area contributed by atoms with Crippen molar-refractivity contribution in [3.63, 3.8) is 0 Å². The number of nitrogen functional groups attached to an aromatic ring is 1. The third-order valence-corrected chi connectivity index (χ3v) is 5.56. The molecule has 1 aromatic heterocycles. The van der Waals surface area contributed by atoms with Gasteiger partial charge in [-0.25, -0.2) is 4.79 Å². The van der Waals surface area contributed by atoms with E-state index in [0.29, 0.717) is 6.42 Å². The van der Waals surface area contributed by atoms with Gasteiger partial charge >= 0.3 is 5.69 Å². The van der Waals surface area contributed by atoms with E-state index in [1.807, 2.05) is 19.9 Å². The van der Waals surface area contributed by atoms with Gasteiger partial charge in [-0.15, -0.1) is 0 Å². The SMILES string of the molecule is CC(C)CCN(C(=O)c1cc([N+](=O)[O-])ccc1Cl)c1c(N)n(Cc2ccccc2)c(=O)[nH]c1=O. The zero-order valence-electron chi connectivity index (χ0n) is 18.7. The van der Waals surface area contributed by atoms with Gasteiger partial charge in [0.1, 0.15) is 5.82 Å². The Morgan fingerprint density at radius 3 is 2.50 bits per heavy atom. The fraction of sp³-hybridized carbons (Fsp3) is 0.261. The Kier molecular flexibility index (Phi) is 7.52. The number of nitro benzene ring substituents is 1. The van der Waals surface area contributed by atoms with Crippen LogP contribution in [0.1, 0.15) is 36.2 Å². The summed E-state index contributed by atoms with van der Waals surface area (Å²) in [5.41, 5.74) is 4.78. The number of hydrogen-bond acceptors (Lipinski definition) is 6. The zero-order chi connectivity index (χ0) is 25.0. The smallest absolute Gasteiger partial charge is 0.330 e. The van der Waals surface area contributed by atoms with E-state index in [9.17, 15) is 24.5 Å². The van der Waals surface area contributed by atoms with Crippen molar-refractivity contribution in [1.29, 1.82) is 0 Å². The van der Waals surface area contributed by atoms with E-state index in [2.05, 4.69) is 4.98 Å². The Balaban J connectivity index is 2.16. The number of halogens is 1. The molecule has 0 saturated heterocycles. The van der Waals surface area contributed by atoms with Crippen LogP contribution in [0.15, 0.2) is 58.1 Å². The van der Waals surface area contributed by atoms with E-state index in [1.165, 1.54) is 12.1 Å². The van der Waals surface area contributed by atoms with Crippen LogP contribution in [0.4, 0.5) is 17.2 Å². The molecule has 11 heteroatoms. The van der Waals surface area contributed by atoms with Crippen LogP contribution in [0.2, 0.25) is 5.02 Å². The van der Waals surface area contributed by atoms with Gasteiger partial charge in [0.15, 0.2) is 5.69 Å². The maximum absolute atomic E-state index is 13.5. The average Bonchev–Trinajstić information content (AvgIpc) is 2.79. The highest BCUT2D eigenvalue weighted by Gasteiger charge is 2.28. The van der Waals surface area contributed by atoms with Crippen molar-refractivity contribution in [3.8, 4) is 0 Å². The minimum absolute atomic E-state index is 0.0160. The second-order valence-electron chi connectivity index (χ2n) is 8.13. The lowest BCUT2D eigenvalue weighted by atomic mass is 10.1. The molecule has 0 saturated carbocycles. The molecule has 0 bridgehead atoms. The van der Waals surface area contributed by atoms with Crippen LogP contribution in [-0.2, 0) is 6.54 Å². The van der Waals surface area contributed by atoms with Crippen LogP contribution < -0.4 is 21.9 Å². The van der Waals surface area contributed by atoms with Gasteiger partial charge in [-0.3, -0.25) is 29.3 Å². The van der Waals surface area contributed by atoms with Crippen LogP contribution in [-0.4, -0.2) is 26.9 Å². The van der Waals surface area contributed by atoms with Gasteiger partial charge in [-0.2, -0.15) is 0 Å². The van der Waals surface area contributed by atoms with Crippen molar-refractivity contribution in [1.82, 2.24) is 9.55 Å². The molecule has 0 aliphatic heterocycles. The molecule has 0 atom stereocenters. The molecule has 10 nitrogen and oxygen atoms in total. The summed E-state index contributed by atoms with van der Waals surface area (Å²) in [4.78, 5) is 52.9. The number of H-pyrrole nitrogens is 1. The molecule has 1 amide bonds. The van der Waals surface area contributed by atoms with Crippen LogP contribution >= 0.6 is 11.6 Å². The fourth-order valence-corrected chi connectivity index (χ4v) is 3.60. The predicted octanol–water partition coefficient (Wildman–Crippen LogP) is 3.42. The van der Waals surface area contributed by atoms with Gasteiger partial charge < -0.3 is 10.6 Å². The van der Waals surface area contributed by atoms with Crippen molar-refractivity contribution in [3.05, 3.63) is 95.6 Å². The number of hydrogen-bond donors (Lipinski definition) is 2. The number of aromatic amines is 1. The number of anilines is 2. The zero-order valence-corrected chi connectivity index (χ0v) is 19.4. The minimum Gasteiger partial charge on any atom is -0.383 e. The number of rotatable bonds is 8. The summed E-state index contributed by atoms with van der Waals surface area (Å²) in [5, 5.41) is 11.2. The van der Waals surface area contributed by atoms with Crippen molar-refractivity contribution >= 4 is 34.7 Å². The highest BCUT2D eigenvalue weighted by molar-refractivity contribution is 6.34. The van der Waals surface area contributed by atoms with E-state index >= 15 is 0 Å². The molecule has 0 aliphatic carbocycles. The van der Waals surface area contributed by atoms with Gasteiger partial charge in [0.05, 0.1) is 22.1 Å². The largest absolute Gasteiger partial charge is 0.383 e. The monoisotopic (exact) mass is 485 g/mol. The number of carbonyl (C=O) groups excluding carboxylic acids is 1. The number of amides is 1. The van der Waals surface area contributed by atoms with E-state index in [1.54, 1.807) is 24.3 Å². The number of benzene rings is 2. The Bertz CT molecular complexity index is 1330. The first-order valence-corrected chi connectivity index (χ1v) is 10.9. The van der Waals surface area contributed by atoms with E-state index in [4.69, 9.17) is 17.3 Å². The van der Waals surface area contributed by atoms with Crippen molar-refractivity contribution in [2.75, 3.05) is 17.2 Å². The highest BCUT2D eigenvalue weighted by Crippen LogP contribution is 2.27. The lowest BCUT2D eigenvalue weighted by Gasteiger charge is -2.25. The second kappa shape index (κ2) is 10.3. The van der Waals surface area contributed by atoms with E-state index in [0.717, 1.165) is 21.1 Å². The topological polar surface area (TPSA) is 144 Å². The van der Waals surface area contributed by atoms with Gasteiger partial charge in [0, 0.05) is 18.7 Å². The Morgan fingerprint density at radius 2 is 1.88 bits per heavy atom. The molecule has 178 valence electrons. The molecule has 0 spiro atoms. The third kappa shape index (κ3) is 5.34. The van der Waals surface area contributed by atoms with Crippen LogP contribution in [0.5, 0.6) is 0 Å². The second-order valence-corrected chi connectivity index (χ2v) is 8.53. The van der Waals surface area contributed by atoms with Crippen LogP contribution in [0, 0.1) is 16.0 Å². The molecule has 0 unspecified atom stereocenters. The summed E-state index contributed by atoms with van der Waals surface area (Å²) in [6, 6.07) is 12.5. The quantitative estimate of drug-likeness (QED) is 0.369. The number of nitrogens with one attached hydrogen (secondary N) is 1. The minimum atomic E-state index is -0.842. The first-order valence-electron chi connectivity index (χ1n) is 10.5. The number of non-ortho nitro benzene ring substituents is 1. The summed E-state index contributed by atoms with van der Waals surface area (Å²) in [7, 11) is 0. The molecular formula is C23H24ClN5O5. The molecule has 0 radical (unpaired) electrons.